The molecule has 0 atom stereocenters. The van der Waals surface area contributed by atoms with Gasteiger partial charge in [-0.3, -0.25) is 13.9 Å². The lowest BCUT2D eigenvalue weighted by molar-refractivity contribution is -0.133. The number of anilines is 1. The number of nitrogens with zero attached hydrogens (tertiary/aromatic N) is 2. The van der Waals surface area contributed by atoms with Crippen LogP contribution in [0.3, 0.4) is 0 Å². The van der Waals surface area contributed by atoms with Crippen molar-refractivity contribution in [2.24, 2.45) is 7.05 Å². The summed E-state index contributed by atoms with van der Waals surface area (Å²) in [5, 5.41) is 0. The minimum Gasteiger partial charge on any atom is -0.422 e. The molecular formula is C17H15F2N3O3. The summed E-state index contributed by atoms with van der Waals surface area (Å²) in [7, 11) is 1.39. The zero-order valence-electron chi connectivity index (χ0n) is 13.5. The first-order chi connectivity index (χ1) is 11.8. The van der Waals surface area contributed by atoms with Crippen molar-refractivity contribution in [3.63, 3.8) is 0 Å². The van der Waals surface area contributed by atoms with Gasteiger partial charge in [-0.25, -0.2) is 13.6 Å². The molecule has 6 nitrogen and oxygen atoms in total. The van der Waals surface area contributed by atoms with Gasteiger partial charge in [0.1, 0.15) is 11.3 Å². The van der Waals surface area contributed by atoms with Crippen molar-refractivity contribution in [2.75, 3.05) is 5.73 Å². The van der Waals surface area contributed by atoms with Crippen molar-refractivity contribution in [3.05, 3.63) is 52.5 Å². The zero-order chi connectivity index (χ0) is 18.3. The Morgan fingerprint density at radius 1 is 1.28 bits per heavy atom. The third-order valence-corrected chi connectivity index (χ3v) is 3.84. The number of fused-ring (bicyclic) bond motifs is 1. The fourth-order valence-electron chi connectivity index (χ4n) is 2.62. The van der Waals surface area contributed by atoms with E-state index in [1.807, 2.05) is 0 Å². The monoisotopic (exact) mass is 347 g/mol. The number of aryl methyl sites for hydroxylation is 1. The Hall–Kier alpha value is -3.16. The van der Waals surface area contributed by atoms with Crippen LogP contribution in [-0.4, -0.2) is 15.1 Å². The van der Waals surface area contributed by atoms with Gasteiger partial charge in [0.2, 0.25) is 0 Å². The first-order valence-electron chi connectivity index (χ1n) is 7.51. The lowest BCUT2D eigenvalue weighted by Crippen LogP contribution is -2.22. The van der Waals surface area contributed by atoms with Gasteiger partial charge < -0.3 is 10.5 Å². The predicted octanol–water partition coefficient (Wildman–Crippen LogP) is 2.51. The second-order valence-corrected chi connectivity index (χ2v) is 5.46. The maximum atomic E-state index is 14.4. The number of carbonyl (C=O) groups is 1. The van der Waals surface area contributed by atoms with Gasteiger partial charge in [-0.05, 0) is 12.1 Å². The lowest BCUT2D eigenvalue weighted by atomic mass is 10.2. The average Bonchev–Trinajstić information content (AvgIpc) is 2.81. The van der Waals surface area contributed by atoms with Crippen LogP contribution in [0.1, 0.15) is 13.3 Å². The SMILES string of the molecule is CCC(=O)Oc1c(N)cccc1-n1c(=O)n(C)c2cc(F)cc(F)c21. The highest BCUT2D eigenvalue weighted by atomic mass is 19.1. The molecule has 8 heteroatoms. The second kappa shape index (κ2) is 6.04. The van der Waals surface area contributed by atoms with Crippen molar-refractivity contribution >= 4 is 22.7 Å². The predicted molar refractivity (Wildman–Crippen MR) is 88.8 cm³/mol. The molecule has 3 rings (SSSR count). The van der Waals surface area contributed by atoms with Crippen molar-refractivity contribution in [1.29, 1.82) is 0 Å². The van der Waals surface area contributed by atoms with Crippen LogP contribution in [0.25, 0.3) is 16.7 Å². The molecule has 2 N–H and O–H groups in total. The molecule has 25 heavy (non-hydrogen) atoms. The number of nitrogens with two attached hydrogens (primary N) is 1. The Balaban J connectivity index is 2.39. The van der Waals surface area contributed by atoms with Crippen LogP contribution in [0.4, 0.5) is 14.5 Å². The van der Waals surface area contributed by atoms with Gasteiger partial charge in [0, 0.05) is 25.6 Å². The molecule has 1 aromatic heterocycles. The normalized spacial score (nSPS) is 11.0. The number of aromatic nitrogens is 2. The van der Waals surface area contributed by atoms with E-state index in [1.165, 1.54) is 19.2 Å². The molecule has 1 heterocycles. The molecule has 130 valence electrons. The van der Waals surface area contributed by atoms with Crippen LogP contribution in [0.15, 0.2) is 35.1 Å². The lowest BCUT2D eigenvalue weighted by Gasteiger charge is -2.13. The third-order valence-electron chi connectivity index (χ3n) is 3.84. The summed E-state index contributed by atoms with van der Waals surface area (Å²) < 4.78 is 35.3. The number of rotatable bonds is 3. The summed E-state index contributed by atoms with van der Waals surface area (Å²) in [5.41, 5.74) is 5.40. The molecule has 3 aromatic rings. The number of hydrogen-bond acceptors (Lipinski definition) is 4. The van der Waals surface area contributed by atoms with Gasteiger partial charge >= 0.3 is 11.7 Å². The minimum atomic E-state index is -0.914. The van der Waals surface area contributed by atoms with E-state index in [0.29, 0.717) is 6.07 Å². The van der Waals surface area contributed by atoms with E-state index in [2.05, 4.69) is 0 Å². The zero-order valence-corrected chi connectivity index (χ0v) is 13.5. The van der Waals surface area contributed by atoms with Gasteiger partial charge in [0.05, 0.1) is 16.9 Å². The topological polar surface area (TPSA) is 79.2 Å². The molecule has 0 aliphatic heterocycles. The van der Waals surface area contributed by atoms with E-state index in [0.717, 1.165) is 15.2 Å². The molecule has 0 unspecified atom stereocenters. The third kappa shape index (κ3) is 2.65. The maximum absolute atomic E-state index is 14.4. The van der Waals surface area contributed by atoms with Gasteiger partial charge in [0.15, 0.2) is 11.6 Å². The van der Waals surface area contributed by atoms with Crippen molar-refractivity contribution < 1.29 is 18.3 Å². The molecule has 0 bridgehead atoms. The minimum absolute atomic E-state index is 0.0484. The number of halogens is 2. The standard InChI is InChI=1S/C17H15F2N3O3/c1-3-14(23)25-16-11(20)5-4-6-12(16)22-15-10(19)7-9(18)8-13(15)21(2)17(22)24/h4-8H,3,20H2,1-2H3. The summed E-state index contributed by atoms with van der Waals surface area (Å²) >= 11 is 0. The Bertz CT molecular complexity index is 1050. The molecule has 0 aliphatic rings. The summed E-state index contributed by atoms with van der Waals surface area (Å²) in [6.45, 7) is 1.60. The van der Waals surface area contributed by atoms with E-state index in [9.17, 15) is 18.4 Å². The molecule has 0 amide bonds. The van der Waals surface area contributed by atoms with Crippen LogP contribution in [0.5, 0.6) is 5.75 Å². The van der Waals surface area contributed by atoms with Crippen molar-refractivity contribution in [1.82, 2.24) is 9.13 Å². The Kier molecular flexibility index (Phi) is 4.03. The molecule has 0 fully saturated rings. The van der Waals surface area contributed by atoms with Crippen LogP contribution in [0, 0.1) is 11.6 Å². The quantitative estimate of drug-likeness (QED) is 0.448. The fourth-order valence-corrected chi connectivity index (χ4v) is 2.62. The average molecular weight is 347 g/mol. The number of para-hydroxylation sites is 1. The van der Waals surface area contributed by atoms with E-state index < -0.39 is 23.3 Å². The molecule has 0 radical (unpaired) electrons. The molecule has 2 aromatic carbocycles. The first-order valence-corrected chi connectivity index (χ1v) is 7.51. The number of imidazole rings is 1. The molecule has 0 saturated carbocycles. The van der Waals surface area contributed by atoms with Crippen molar-refractivity contribution in [2.45, 2.75) is 13.3 Å². The van der Waals surface area contributed by atoms with E-state index in [1.54, 1.807) is 13.0 Å². The summed E-state index contributed by atoms with van der Waals surface area (Å²) in [6, 6.07) is 6.25. The number of benzene rings is 2. The smallest absolute Gasteiger partial charge is 0.333 e. The van der Waals surface area contributed by atoms with Gasteiger partial charge in [-0.1, -0.05) is 13.0 Å². The molecule has 0 aliphatic carbocycles. The summed E-state index contributed by atoms with van der Waals surface area (Å²) in [6.07, 6.45) is 0.0950. The second-order valence-electron chi connectivity index (χ2n) is 5.46. The van der Waals surface area contributed by atoms with E-state index in [-0.39, 0.29) is 34.6 Å². The largest absolute Gasteiger partial charge is 0.422 e. The summed E-state index contributed by atoms with van der Waals surface area (Å²) in [5.74, 6) is -2.32. The highest BCUT2D eigenvalue weighted by Crippen LogP contribution is 2.32. The fraction of sp³-hybridized carbons (Fsp3) is 0.176. The highest BCUT2D eigenvalue weighted by Gasteiger charge is 2.22. The van der Waals surface area contributed by atoms with Gasteiger partial charge in [-0.15, -0.1) is 0 Å². The Labute approximate surface area is 141 Å². The van der Waals surface area contributed by atoms with Crippen LogP contribution >= 0.6 is 0 Å². The first kappa shape index (κ1) is 16.7. The van der Waals surface area contributed by atoms with Crippen LogP contribution < -0.4 is 16.2 Å². The molecule has 0 saturated heterocycles. The Morgan fingerprint density at radius 2 is 2.00 bits per heavy atom. The highest BCUT2D eigenvalue weighted by molar-refractivity contribution is 5.82. The maximum Gasteiger partial charge on any atom is 0.333 e. The number of esters is 1. The Morgan fingerprint density at radius 3 is 2.68 bits per heavy atom. The van der Waals surface area contributed by atoms with Gasteiger partial charge in [0.25, 0.3) is 0 Å². The van der Waals surface area contributed by atoms with Crippen LogP contribution in [0.2, 0.25) is 0 Å². The van der Waals surface area contributed by atoms with Gasteiger partial charge in [-0.2, -0.15) is 0 Å². The van der Waals surface area contributed by atoms with Crippen molar-refractivity contribution in [3.8, 4) is 11.4 Å². The number of carbonyl (C=O) groups excluding carboxylic acids is 1. The number of nitrogen functional groups attached to an aromatic ring is 1. The summed E-state index contributed by atoms with van der Waals surface area (Å²) in [4.78, 5) is 24.3. The van der Waals surface area contributed by atoms with E-state index >= 15 is 0 Å². The molecule has 0 spiro atoms. The van der Waals surface area contributed by atoms with Crippen LogP contribution in [-0.2, 0) is 11.8 Å². The molecular weight excluding hydrogens is 332 g/mol. The number of ether oxygens (including phenoxy) is 1. The number of hydrogen-bond donors (Lipinski definition) is 1. The van der Waals surface area contributed by atoms with E-state index in [4.69, 9.17) is 10.5 Å².